The van der Waals surface area contributed by atoms with Gasteiger partial charge in [0, 0.05) is 11.8 Å². The lowest BCUT2D eigenvalue weighted by Crippen LogP contribution is -2.75. The van der Waals surface area contributed by atoms with E-state index in [-0.39, 0.29) is 4.48 Å². The van der Waals surface area contributed by atoms with Crippen LogP contribution in [0.15, 0.2) is 73.0 Å². The number of ether oxygens (including phenoxy) is 2. The third-order valence-electron chi connectivity index (χ3n) is 8.26. The molecule has 1 amide bonds. The van der Waals surface area contributed by atoms with E-state index in [1.165, 1.54) is 0 Å². The number of amides is 1. The van der Waals surface area contributed by atoms with Crippen LogP contribution in [0.25, 0.3) is 6.08 Å². The zero-order valence-corrected chi connectivity index (χ0v) is 22.3. The highest BCUT2D eigenvalue weighted by Gasteiger charge is 2.63. The molecule has 0 spiro atoms. The molecule has 39 heavy (non-hydrogen) atoms. The second-order valence-corrected chi connectivity index (χ2v) is 10.8. The van der Waals surface area contributed by atoms with Crippen molar-refractivity contribution in [1.29, 1.82) is 0 Å². The Bertz CT molecular complexity index is 1220. The van der Waals surface area contributed by atoms with E-state index in [2.05, 4.69) is 16.6 Å². The summed E-state index contributed by atoms with van der Waals surface area (Å²) in [5.41, 5.74) is -0.541. The number of piperidine rings is 1. The molecular formula is C30H36F3N2O4+. The van der Waals surface area contributed by atoms with Crippen LogP contribution < -0.4 is 10.1 Å². The number of hydrogen-bond acceptors (Lipinski definition) is 4. The van der Waals surface area contributed by atoms with Crippen LogP contribution in [0.2, 0.25) is 0 Å². The molecule has 2 aliphatic rings. The van der Waals surface area contributed by atoms with Crippen molar-refractivity contribution in [2.24, 2.45) is 0 Å². The first-order valence-electron chi connectivity index (χ1n) is 13.1. The zero-order valence-electron chi connectivity index (χ0n) is 22.3. The summed E-state index contributed by atoms with van der Waals surface area (Å²) in [6, 6.07) is 15.8. The summed E-state index contributed by atoms with van der Waals surface area (Å²) in [6.45, 7) is 4.56. The molecule has 6 nitrogen and oxygen atoms in total. The third kappa shape index (κ3) is 5.99. The lowest BCUT2D eigenvalue weighted by molar-refractivity contribution is -0.944. The quantitative estimate of drug-likeness (QED) is 0.205. The zero-order chi connectivity index (χ0) is 28.3. The van der Waals surface area contributed by atoms with E-state index in [1.54, 1.807) is 43.5 Å². The van der Waals surface area contributed by atoms with Crippen LogP contribution in [0.4, 0.5) is 13.2 Å². The van der Waals surface area contributed by atoms with Gasteiger partial charge in [-0.25, -0.2) is 0 Å². The number of nitrogens with zero attached hydrogens (tertiary/aromatic N) is 1. The van der Waals surface area contributed by atoms with Crippen LogP contribution in [0.1, 0.15) is 43.2 Å². The van der Waals surface area contributed by atoms with Gasteiger partial charge in [0.25, 0.3) is 5.91 Å². The van der Waals surface area contributed by atoms with E-state index in [9.17, 15) is 23.1 Å². The number of benzene rings is 2. The van der Waals surface area contributed by atoms with Crippen LogP contribution in [0.3, 0.4) is 0 Å². The number of carbonyl (C=O) groups excluding carboxylic acids is 1. The minimum Gasteiger partial charge on any atom is -0.497 e. The number of nitrogens with one attached hydrogen (secondary N) is 1. The average molecular weight is 546 g/mol. The average Bonchev–Trinajstić information content (AvgIpc) is 2.88. The summed E-state index contributed by atoms with van der Waals surface area (Å²) in [6.07, 6.45) is 0.408. The molecule has 2 aromatic carbocycles. The first kappa shape index (κ1) is 28.7. The highest BCUT2D eigenvalue weighted by atomic mass is 19.4. The molecule has 4 atom stereocenters. The minimum atomic E-state index is -5.05. The maximum absolute atomic E-state index is 13.4. The molecule has 0 bridgehead atoms. The molecule has 2 N–H and O–H groups in total. The van der Waals surface area contributed by atoms with Gasteiger partial charge in [0.2, 0.25) is 0 Å². The fourth-order valence-corrected chi connectivity index (χ4v) is 6.43. The molecule has 1 aliphatic heterocycles. The Morgan fingerprint density at radius 3 is 2.56 bits per heavy atom. The number of halogens is 3. The van der Waals surface area contributed by atoms with Crippen LogP contribution in [0, 0.1) is 0 Å². The summed E-state index contributed by atoms with van der Waals surface area (Å²) in [7, 11) is 3.47. The van der Waals surface area contributed by atoms with Crippen LogP contribution in [-0.4, -0.2) is 60.9 Å². The van der Waals surface area contributed by atoms with Gasteiger partial charge in [0.15, 0.2) is 11.9 Å². The van der Waals surface area contributed by atoms with Gasteiger partial charge in [-0.15, -0.1) is 13.2 Å². The highest BCUT2D eigenvalue weighted by Crippen LogP contribution is 2.54. The van der Waals surface area contributed by atoms with Gasteiger partial charge in [-0.05, 0) is 48.3 Å². The van der Waals surface area contributed by atoms with Gasteiger partial charge in [-0.3, -0.25) is 10.1 Å². The number of alkyl halides is 3. The second kappa shape index (κ2) is 11.1. The maximum Gasteiger partial charge on any atom is 0.573 e. The van der Waals surface area contributed by atoms with Gasteiger partial charge in [-0.1, -0.05) is 61.9 Å². The fourth-order valence-electron chi connectivity index (χ4n) is 6.43. The van der Waals surface area contributed by atoms with Crippen molar-refractivity contribution in [3.63, 3.8) is 0 Å². The van der Waals surface area contributed by atoms with E-state index in [1.807, 2.05) is 31.3 Å². The molecule has 2 aromatic rings. The molecule has 2 fully saturated rings. The molecule has 1 heterocycles. The van der Waals surface area contributed by atoms with E-state index < -0.39 is 35.2 Å². The van der Waals surface area contributed by atoms with Gasteiger partial charge in [0.05, 0.1) is 20.7 Å². The number of methoxy groups -OCH3 is 1. The normalized spacial score (nSPS) is 29.2. The van der Waals surface area contributed by atoms with Crippen molar-refractivity contribution >= 4 is 12.0 Å². The standard InChI is InChI=1S/C30H35F3N2O4/c1-4-17-35(2)21-29(37)16-9-8-15-28(29,23-13-10-14-24(19-23)38-3)20-26(35)34-27(36)25(39-30(31,32)33)18-22-11-6-5-7-12-22/h4-7,10-14,18-19,26,37H,1,8-9,15-17,20-21H2,2-3H3/p+1/t26-,28?,29?,35+/m0/s1. The van der Waals surface area contributed by atoms with Gasteiger partial charge in [0.1, 0.15) is 17.9 Å². The van der Waals surface area contributed by atoms with Crippen molar-refractivity contribution in [3.8, 4) is 5.75 Å². The number of fused-ring (bicyclic) bond motifs is 1. The van der Waals surface area contributed by atoms with E-state index in [0.29, 0.717) is 43.7 Å². The lowest BCUT2D eigenvalue weighted by Gasteiger charge is -2.61. The Morgan fingerprint density at radius 1 is 1.18 bits per heavy atom. The monoisotopic (exact) mass is 545 g/mol. The summed E-state index contributed by atoms with van der Waals surface area (Å²) in [5, 5.41) is 15.1. The van der Waals surface area contributed by atoms with Crippen molar-refractivity contribution in [2.75, 3.05) is 27.2 Å². The third-order valence-corrected chi connectivity index (χ3v) is 8.26. The van der Waals surface area contributed by atoms with E-state index in [0.717, 1.165) is 24.5 Å². The van der Waals surface area contributed by atoms with E-state index in [4.69, 9.17) is 4.74 Å². The first-order chi connectivity index (χ1) is 18.4. The minimum absolute atomic E-state index is 0.183. The maximum atomic E-state index is 13.4. The molecule has 0 aromatic heterocycles. The fraction of sp³-hybridized carbons (Fsp3) is 0.433. The molecule has 1 saturated heterocycles. The molecule has 4 rings (SSSR count). The largest absolute Gasteiger partial charge is 0.573 e. The van der Waals surface area contributed by atoms with Crippen molar-refractivity contribution in [1.82, 2.24) is 5.32 Å². The number of quaternary nitrogens is 1. The molecule has 2 unspecified atom stereocenters. The Morgan fingerprint density at radius 2 is 1.90 bits per heavy atom. The topological polar surface area (TPSA) is 67.8 Å². The number of aliphatic hydroxyl groups is 1. The Kier molecular flexibility index (Phi) is 8.14. The summed E-state index contributed by atoms with van der Waals surface area (Å²) < 4.78 is 49.9. The smallest absolute Gasteiger partial charge is 0.497 e. The predicted octanol–water partition coefficient (Wildman–Crippen LogP) is 5.29. The van der Waals surface area contributed by atoms with Crippen LogP contribution in [-0.2, 0) is 14.9 Å². The first-order valence-corrected chi connectivity index (χ1v) is 13.1. The van der Waals surface area contributed by atoms with Gasteiger partial charge >= 0.3 is 6.36 Å². The number of hydrogen-bond donors (Lipinski definition) is 2. The number of rotatable bonds is 8. The Labute approximate surface area is 227 Å². The second-order valence-electron chi connectivity index (χ2n) is 10.8. The molecule has 210 valence electrons. The summed E-state index contributed by atoms with van der Waals surface area (Å²) in [5.74, 6) is -1.17. The highest BCUT2D eigenvalue weighted by molar-refractivity contribution is 5.96. The number of likely N-dealkylation sites (tertiary alicyclic amines) is 1. The Hall–Kier alpha value is -3.30. The van der Waals surface area contributed by atoms with Crippen molar-refractivity contribution < 1.29 is 37.0 Å². The predicted molar refractivity (Wildman–Crippen MR) is 142 cm³/mol. The van der Waals surface area contributed by atoms with Crippen LogP contribution >= 0.6 is 0 Å². The SMILES string of the molecule is C=CC[N@+]1(C)CC2(O)CCCCC2(c2cccc(OC)c2)C[C@H]1NC(=O)C(=Cc1ccccc1)OC(F)(F)F. The Balaban J connectivity index is 1.75. The molecule has 0 radical (unpaired) electrons. The molecular weight excluding hydrogens is 509 g/mol. The van der Waals surface area contributed by atoms with Gasteiger partial charge < -0.3 is 19.1 Å². The number of likely N-dealkylation sites (N-methyl/N-ethyl adjacent to an activating group) is 1. The molecule has 1 aliphatic carbocycles. The van der Waals surface area contributed by atoms with Crippen LogP contribution in [0.5, 0.6) is 5.75 Å². The van der Waals surface area contributed by atoms with Crippen molar-refractivity contribution in [3.05, 3.63) is 84.1 Å². The molecule has 1 saturated carbocycles. The number of carbonyl (C=O) groups is 1. The molecule has 9 heteroatoms. The summed E-state index contributed by atoms with van der Waals surface area (Å²) in [4.78, 5) is 13.4. The van der Waals surface area contributed by atoms with Gasteiger partial charge in [-0.2, -0.15) is 0 Å². The lowest BCUT2D eigenvalue weighted by atomic mass is 9.55. The van der Waals surface area contributed by atoms with Crippen molar-refractivity contribution in [2.45, 2.75) is 55.6 Å². The van der Waals surface area contributed by atoms with E-state index >= 15 is 0 Å². The summed E-state index contributed by atoms with van der Waals surface area (Å²) >= 11 is 0.